The van der Waals surface area contributed by atoms with Crippen LogP contribution in [0.2, 0.25) is 0 Å². The predicted octanol–water partition coefficient (Wildman–Crippen LogP) is 3.46. The summed E-state index contributed by atoms with van der Waals surface area (Å²) in [6.07, 6.45) is 5.44. The Kier molecular flexibility index (Phi) is 3.79. The fraction of sp³-hybridized carbons (Fsp3) is 0.333. The summed E-state index contributed by atoms with van der Waals surface area (Å²) < 4.78 is 1.84. The zero-order valence-electron chi connectivity index (χ0n) is 15.2. The molecule has 2 aromatic heterocycles. The molecule has 2 aliphatic carbocycles. The molecule has 2 aliphatic rings. The van der Waals surface area contributed by atoms with Gasteiger partial charge in [-0.25, -0.2) is 0 Å². The van der Waals surface area contributed by atoms with E-state index in [0.717, 1.165) is 41.6 Å². The molecular weight excluding hydrogens is 354 g/mol. The first-order valence-corrected chi connectivity index (χ1v) is 9.55. The largest absolute Gasteiger partial charge is 0.338 e. The van der Waals surface area contributed by atoms with Gasteiger partial charge < -0.3 is 10.3 Å². The van der Waals surface area contributed by atoms with Crippen molar-refractivity contribution in [3.8, 4) is 6.07 Å². The molecule has 0 aliphatic heterocycles. The molecule has 1 atom stereocenters. The molecule has 3 aromatic rings. The summed E-state index contributed by atoms with van der Waals surface area (Å²) in [6.45, 7) is 0. The van der Waals surface area contributed by atoms with Gasteiger partial charge in [0.15, 0.2) is 11.6 Å². The molecule has 1 saturated carbocycles. The van der Waals surface area contributed by atoms with Crippen LogP contribution in [0.15, 0.2) is 35.3 Å². The Hall–Kier alpha value is -3.40. The second-order valence-corrected chi connectivity index (χ2v) is 7.55. The van der Waals surface area contributed by atoms with Crippen LogP contribution in [0.4, 0.5) is 11.5 Å². The van der Waals surface area contributed by atoms with E-state index < -0.39 is 0 Å². The number of pyridine rings is 1. The predicted molar refractivity (Wildman–Crippen MR) is 105 cm³/mol. The summed E-state index contributed by atoms with van der Waals surface area (Å²) in [5, 5.41) is 17.7. The van der Waals surface area contributed by atoms with Gasteiger partial charge in [0, 0.05) is 23.9 Å². The maximum atomic E-state index is 12.5. The number of aryl methyl sites for hydroxylation is 1. The van der Waals surface area contributed by atoms with Gasteiger partial charge in [0.05, 0.1) is 24.0 Å². The highest BCUT2D eigenvalue weighted by atomic mass is 16.1. The van der Waals surface area contributed by atoms with Crippen molar-refractivity contribution < 1.29 is 4.79 Å². The molecule has 28 heavy (non-hydrogen) atoms. The van der Waals surface area contributed by atoms with Crippen LogP contribution in [0.5, 0.6) is 0 Å². The van der Waals surface area contributed by atoms with E-state index in [1.165, 1.54) is 0 Å². The molecule has 7 heteroatoms. The quantitative estimate of drug-likeness (QED) is 0.713. The lowest BCUT2D eigenvalue weighted by atomic mass is 10.1. The fourth-order valence-electron chi connectivity index (χ4n) is 4.14. The van der Waals surface area contributed by atoms with Gasteiger partial charge in [0.1, 0.15) is 5.39 Å². The van der Waals surface area contributed by atoms with E-state index in [1.807, 2.05) is 28.9 Å². The maximum absolute atomic E-state index is 12.5. The molecule has 0 saturated heterocycles. The minimum Gasteiger partial charge on any atom is -0.338 e. The highest BCUT2D eigenvalue weighted by Crippen LogP contribution is 2.43. The molecule has 0 spiro atoms. The van der Waals surface area contributed by atoms with Crippen molar-refractivity contribution in [1.29, 1.82) is 5.26 Å². The number of carbonyl (C=O) groups excluding carboxylic acids is 1. The number of H-pyrrole nitrogens is 1. The van der Waals surface area contributed by atoms with E-state index in [2.05, 4.69) is 16.4 Å². The van der Waals surface area contributed by atoms with Gasteiger partial charge in [-0.3, -0.25) is 14.3 Å². The lowest BCUT2D eigenvalue weighted by Crippen LogP contribution is -2.13. The van der Waals surface area contributed by atoms with Crippen LogP contribution < -0.4 is 10.9 Å². The summed E-state index contributed by atoms with van der Waals surface area (Å²) in [6, 6.07) is 9.70. The van der Waals surface area contributed by atoms with Crippen molar-refractivity contribution in [3.05, 3.63) is 51.9 Å². The van der Waals surface area contributed by atoms with Gasteiger partial charge in [0.25, 0.3) is 5.56 Å². The number of Topliss-reactive ketones (excluding diaryl/α,β-unsaturated/α-hetero) is 1. The number of hydrogen-bond donors (Lipinski definition) is 2. The molecule has 2 heterocycles. The van der Waals surface area contributed by atoms with Gasteiger partial charge in [-0.15, -0.1) is 0 Å². The topological polar surface area (TPSA) is 104 Å². The third-order valence-corrected chi connectivity index (χ3v) is 5.70. The Morgan fingerprint density at radius 1 is 1.29 bits per heavy atom. The van der Waals surface area contributed by atoms with Crippen molar-refractivity contribution in [2.24, 2.45) is 5.92 Å². The molecule has 7 nitrogen and oxygen atoms in total. The molecular formula is C21H19N5O2. The van der Waals surface area contributed by atoms with Crippen molar-refractivity contribution in [1.82, 2.24) is 14.8 Å². The number of rotatable bonds is 5. The average Bonchev–Trinajstić information content (AvgIpc) is 3.38. The molecule has 5 rings (SSSR count). The second-order valence-electron chi connectivity index (χ2n) is 7.55. The summed E-state index contributed by atoms with van der Waals surface area (Å²) in [7, 11) is 0. The maximum Gasteiger partial charge on any atom is 0.261 e. The summed E-state index contributed by atoms with van der Waals surface area (Å²) in [4.78, 5) is 27.1. The average molecular weight is 373 g/mol. The van der Waals surface area contributed by atoms with E-state index in [0.29, 0.717) is 30.0 Å². The van der Waals surface area contributed by atoms with Gasteiger partial charge in [-0.05, 0) is 55.0 Å². The Bertz CT molecular complexity index is 1200. The highest BCUT2D eigenvalue weighted by molar-refractivity contribution is 6.01. The van der Waals surface area contributed by atoms with Gasteiger partial charge in [0.2, 0.25) is 0 Å². The van der Waals surface area contributed by atoms with Crippen LogP contribution >= 0.6 is 0 Å². The molecule has 0 radical (unpaired) electrons. The Morgan fingerprint density at radius 3 is 2.93 bits per heavy atom. The number of nitrogens with zero attached hydrogens (tertiary/aromatic N) is 3. The summed E-state index contributed by atoms with van der Waals surface area (Å²) >= 11 is 0. The molecule has 1 unspecified atom stereocenters. The fourth-order valence-corrected chi connectivity index (χ4v) is 4.14. The van der Waals surface area contributed by atoms with Crippen molar-refractivity contribution in [2.75, 3.05) is 5.32 Å². The zero-order chi connectivity index (χ0) is 19.3. The number of ketones is 1. The first-order chi connectivity index (χ1) is 13.7. The number of carbonyl (C=O) groups is 1. The number of nitrogens with one attached hydrogen (secondary N) is 2. The van der Waals surface area contributed by atoms with E-state index >= 15 is 0 Å². The van der Waals surface area contributed by atoms with Crippen LogP contribution in [0.25, 0.3) is 10.9 Å². The first kappa shape index (κ1) is 16.8. The minimum absolute atomic E-state index is 0.0255. The Balaban J connectivity index is 1.59. The number of benzene rings is 1. The highest BCUT2D eigenvalue weighted by Gasteiger charge is 2.34. The number of aromatic nitrogens is 3. The lowest BCUT2D eigenvalue weighted by molar-refractivity contribution is 0.0994. The van der Waals surface area contributed by atoms with Crippen LogP contribution in [-0.4, -0.2) is 20.5 Å². The van der Waals surface area contributed by atoms with Crippen molar-refractivity contribution in [2.45, 2.75) is 38.1 Å². The number of anilines is 2. The van der Waals surface area contributed by atoms with E-state index in [-0.39, 0.29) is 17.4 Å². The Labute approximate surface area is 161 Å². The smallest absolute Gasteiger partial charge is 0.261 e. The second kappa shape index (κ2) is 6.34. The molecule has 1 fully saturated rings. The van der Waals surface area contributed by atoms with Gasteiger partial charge in [-0.1, -0.05) is 0 Å². The van der Waals surface area contributed by atoms with E-state index in [1.54, 1.807) is 6.20 Å². The molecule has 2 N–H and O–H groups in total. The van der Waals surface area contributed by atoms with Gasteiger partial charge >= 0.3 is 0 Å². The number of fused-ring (bicyclic) bond motifs is 2. The summed E-state index contributed by atoms with van der Waals surface area (Å²) in [5.41, 5.74) is 3.12. The third kappa shape index (κ3) is 2.69. The van der Waals surface area contributed by atoms with Crippen molar-refractivity contribution >= 4 is 28.2 Å². The van der Waals surface area contributed by atoms with Crippen LogP contribution in [0.1, 0.15) is 47.6 Å². The normalized spacial score (nSPS) is 16.8. The number of nitriles is 1. The van der Waals surface area contributed by atoms with Gasteiger partial charge in [-0.2, -0.15) is 10.4 Å². The molecule has 0 amide bonds. The monoisotopic (exact) mass is 373 g/mol. The van der Waals surface area contributed by atoms with Crippen LogP contribution in [0, 0.1) is 17.2 Å². The molecule has 0 bridgehead atoms. The summed E-state index contributed by atoms with van der Waals surface area (Å²) in [5.74, 6) is 1.09. The molecule has 1 aromatic carbocycles. The van der Waals surface area contributed by atoms with Crippen LogP contribution in [0.3, 0.4) is 0 Å². The lowest BCUT2D eigenvalue weighted by Gasteiger charge is -2.14. The molecule has 140 valence electrons. The van der Waals surface area contributed by atoms with E-state index in [9.17, 15) is 14.9 Å². The van der Waals surface area contributed by atoms with E-state index in [4.69, 9.17) is 5.10 Å². The Morgan fingerprint density at radius 2 is 2.14 bits per heavy atom. The first-order valence-electron chi connectivity index (χ1n) is 9.55. The van der Waals surface area contributed by atoms with Crippen molar-refractivity contribution in [3.63, 3.8) is 0 Å². The number of aromatic amines is 1. The minimum atomic E-state index is -0.214. The SMILES string of the molecule is N#CCC(C1CC1)n1nc(Nc2ccc3c(c2)CCC3=O)c2c(=O)[nH]ccc21. The zero-order valence-corrected chi connectivity index (χ0v) is 15.2. The van der Waals surface area contributed by atoms with Crippen LogP contribution in [-0.2, 0) is 6.42 Å². The third-order valence-electron chi connectivity index (χ3n) is 5.70. The number of hydrogen-bond acceptors (Lipinski definition) is 5. The standard InChI is InChI=1S/C21H19N5O2/c22-9-7-16(12-1-2-12)26-17-8-10-23-21(28)19(17)20(25-26)24-14-4-5-15-13(11-14)3-6-18(15)27/h4-5,8,10-12,16H,1-3,6-7H2,(H,23,28)(H,24,25).